The van der Waals surface area contributed by atoms with E-state index in [2.05, 4.69) is 15.5 Å². The predicted octanol–water partition coefficient (Wildman–Crippen LogP) is 1.28. The van der Waals surface area contributed by atoms with Crippen molar-refractivity contribution < 1.29 is 9.53 Å². The van der Waals surface area contributed by atoms with Gasteiger partial charge in [-0.2, -0.15) is 10.2 Å². The van der Waals surface area contributed by atoms with E-state index in [1.54, 1.807) is 37.3 Å². The van der Waals surface area contributed by atoms with Crippen molar-refractivity contribution in [2.75, 3.05) is 12.4 Å². The second-order valence-electron chi connectivity index (χ2n) is 3.99. The van der Waals surface area contributed by atoms with E-state index in [1.807, 2.05) is 0 Å². The first-order valence-corrected chi connectivity index (χ1v) is 5.97. The van der Waals surface area contributed by atoms with Gasteiger partial charge in [-0.05, 0) is 6.92 Å². The van der Waals surface area contributed by atoms with E-state index in [9.17, 15) is 4.79 Å². The summed E-state index contributed by atoms with van der Waals surface area (Å²) in [5, 5.41) is 11.4. The molecule has 2 rings (SSSR count). The summed E-state index contributed by atoms with van der Waals surface area (Å²) in [6, 6.07) is 0. The molecule has 7 nitrogen and oxygen atoms in total. The number of carbonyl (C=O) groups is 1. The van der Waals surface area contributed by atoms with Gasteiger partial charge in [-0.15, -0.1) is 0 Å². The number of aryl methyl sites for hydroxylation is 1. The number of hydrogen-bond acceptors (Lipinski definition) is 4. The summed E-state index contributed by atoms with van der Waals surface area (Å²) in [6.07, 6.45) is 4.85. The molecule has 102 valence electrons. The van der Waals surface area contributed by atoms with Gasteiger partial charge in [-0.3, -0.25) is 9.48 Å². The van der Waals surface area contributed by atoms with Crippen molar-refractivity contribution in [3.63, 3.8) is 0 Å². The summed E-state index contributed by atoms with van der Waals surface area (Å²) in [5.74, 6) is -0.198. The fourth-order valence-corrected chi connectivity index (χ4v) is 1.70. The summed E-state index contributed by atoms with van der Waals surface area (Å²) in [6.45, 7) is 2.22. The van der Waals surface area contributed by atoms with E-state index in [0.29, 0.717) is 23.1 Å². The molecule has 8 heteroatoms. The Bertz CT molecular complexity index is 558. The third-order valence-electron chi connectivity index (χ3n) is 2.37. The van der Waals surface area contributed by atoms with E-state index in [0.717, 1.165) is 0 Å². The van der Waals surface area contributed by atoms with Crippen molar-refractivity contribution in [2.24, 2.45) is 0 Å². The lowest BCUT2D eigenvalue weighted by molar-refractivity contribution is -0.116. The molecule has 0 aromatic carbocycles. The molecule has 1 amide bonds. The minimum Gasteiger partial charge on any atom is -0.362 e. The Morgan fingerprint density at radius 3 is 2.89 bits per heavy atom. The third kappa shape index (κ3) is 3.55. The molecule has 0 aliphatic carbocycles. The Morgan fingerprint density at radius 1 is 1.47 bits per heavy atom. The quantitative estimate of drug-likeness (QED) is 0.897. The maximum Gasteiger partial charge on any atom is 0.246 e. The number of nitrogens with zero attached hydrogens (tertiary/aromatic N) is 4. The molecule has 0 fully saturated rings. The van der Waals surface area contributed by atoms with Crippen LogP contribution < -0.4 is 5.32 Å². The van der Waals surface area contributed by atoms with Gasteiger partial charge in [-0.1, -0.05) is 11.6 Å². The van der Waals surface area contributed by atoms with Crippen LogP contribution in [0, 0.1) is 6.92 Å². The number of aromatic nitrogens is 4. The van der Waals surface area contributed by atoms with Gasteiger partial charge in [-0.25, -0.2) is 4.68 Å². The highest BCUT2D eigenvalue weighted by atomic mass is 35.5. The van der Waals surface area contributed by atoms with Gasteiger partial charge in [0.15, 0.2) is 0 Å². The zero-order chi connectivity index (χ0) is 13.8. The number of methoxy groups -OCH3 is 1. The van der Waals surface area contributed by atoms with E-state index in [4.69, 9.17) is 16.3 Å². The van der Waals surface area contributed by atoms with E-state index in [-0.39, 0.29) is 12.5 Å². The normalized spacial score (nSPS) is 10.7. The fraction of sp³-hybridized carbons (Fsp3) is 0.364. The number of nitrogens with one attached hydrogen (secondary N) is 1. The standard InChI is InChI=1S/C11H14ClN5O2/c1-8-10(12)5-16(15-8)6-11(18)14-9-3-13-17(4-9)7-19-2/h3-5H,6-7H2,1-2H3,(H,14,18). The predicted molar refractivity (Wildman–Crippen MR) is 69.8 cm³/mol. The summed E-state index contributed by atoms with van der Waals surface area (Å²) in [4.78, 5) is 11.8. The van der Waals surface area contributed by atoms with Crippen LogP contribution in [-0.4, -0.2) is 32.6 Å². The molecule has 0 spiro atoms. The van der Waals surface area contributed by atoms with Gasteiger partial charge >= 0.3 is 0 Å². The van der Waals surface area contributed by atoms with Gasteiger partial charge in [0.1, 0.15) is 13.3 Å². The molecule has 0 unspecified atom stereocenters. The lowest BCUT2D eigenvalue weighted by Crippen LogP contribution is -2.18. The maximum absolute atomic E-state index is 11.8. The van der Waals surface area contributed by atoms with Crippen molar-refractivity contribution in [3.05, 3.63) is 29.3 Å². The fourth-order valence-electron chi connectivity index (χ4n) is 1.55. The molecule has 0 aliphatic rings. The van der Waals surface area contributed by atoms with E-state index < -0.39 is 0 Å². The Labute approximate surface area is 115 Å². The second-order valence-corrected chi connectivity index (χ2v) is 4.40. The van der Waals surface area contributed by atoms with Crippen LogP contribution >= 0.6 is 11.6 Å². The van der Waals surface area contributed by atoms with Crippen molar-refractivity contribution >= 4 is 23.2 Å². The Morgan fingerprint density at radius 2 is 2.26 bits per heavy atom. The first kappa shape index (κ1) is 13.6. The monoisotopic (exact) mass is 283 g/mol. The first-order valence-electron chi connectivity index (χ1n) is 5.59. The number of amides is 1. The van der Waals surface area contributed by atoms with Gasteiger partial charge in [0.05, 0.1) is 28.8 Å². The smallest absolute Gasteiger partial charge is 0.246 e. The molecular formula is C11H14ClN5O2. The molecule has 1 N–H and O–H groups in total. The summed E-state index contributed by atoms with van der Waals surface area (Å²) in [7, 11) is 1.57. The number of anilines is 1. The van der Waals surface area contributed by atoms with Crippen LogP contribution in [0.5, 0.6) is 0 Å². The minimum absolute atomic E-state index is 0.100. The molecule has 2 aromatic heterocycles. The Hall–Kier alpha value is -1.86. The highest BCUT2D eigenvalue weighted by Gasteiger charge is 2.08. The maximum atomic E-state index is 11.8. The molecule has 0 bridgehead atoms. The second kappa shape index (κ2) is 5.85. The van der Waals surface area contributed by atoms with Crippen molar-refractivity contribution in [2.45, 2.75) is 20.2 Å². The molecule has 0 aliphatic heterocycles. The SMILES string of the molecule is COCn1cc(NC(=O)Cn2cc(Cl)c(C)n2)cn1. The average Bonchev–Trinajstić information content (AvgIpc) is 2.88. The summed E-state index contributed by atoms with van der Waals surface area (Å²) in [5.41, 5.74) is 1.31. The lowest BCUT2D eigenvalue weighted by atomic mass is 10.5. The molecule has 0 saturated heterocycles. The molecule has 19 heavy (non-hydrogen) atoms. The average molecular weight is 284 g/mol. The van der Waals surface area contributed by atoms with Crippen LogP contribution in [0.4, 0.5) is 5.69 Å². The molecule has 0 atom stereocenters. The van der Waals surface area contributed by atoms with Crippen LogP contribution in [0.2, 0.25) is 5.02 Å². The third-order valence-corrected chi connectivity index (χ3v) is 2.74. The van der Waals surface area contributed by atoms with Crippen LogP contribution in [0.1, 0.15) is 5.69 Å². The number of rotatable bonds is 5. The molecule has 2 aromatic rings. The number of ether oxygens (including phenoxy) is 1. The number of hydrogen-bond donors (Lipinski definition) is 1. The number of halogens is 1. The lowest BCUT2D eigenvalue weighted by Gasteiger charge is -2.02. The Kier molecular flexibility index (Phi) is 4.18. The van der Waals surface area contributed by atoms with Gasteiger partial charge in [0, 0.05) is 13.3 Å². The van der Waals surface area contributed by atoms with Crippen molar-refractivity contribution in [3.8, 4) is 0 Å². The zero-order valence-corrected chi connectivity index (χ0v) is 11.4. The molecule has 0 radical (unpaired) electrons. The highest BCUT2D eigenvalue weighted by Crippen LogP contribution is 2.12. The molecule has 2 heterocycles. The Balaban J connectivity index is 1.93. The first-order chi connectivity index (χ1) is 9.08. The highest BCUT2D eigenvalue weighted by molar-refractivity contribution is 6.31. The minimum atomic E-state index is -0.198. The van der Waals surface area contributed by atoms with E-state index in [1.165, 1.54) is 4.68 Å². The van der Waals surface area contributed by atoms with Crippen molar-refractivity contribution in [1.29, 1.82) is 0 Å². The molecular weight excluding hydrogens is 270 g/mol. The summed E-state index contributed by atoms with van der Waals surface area (Å²) >= 11 is 5.87. The van der Waals surface area contributed by atoms with E-state index >= 15 is 0 Å². The summed E-state index contributed by atoms with van der Waals surface area (Å²) < 4.78 is 7.98. The largest absolute Gasteiger partial charge is 0.362 e. The van der Waals surface area contributed by atoms with Crippen LogP contribution in [-0.2, 0) is 22.8 Å². The van der Waals surface area contributed by atoms with Crippen LogP contribution in [0.3, 0.4) is 0 Å². The van der Waals surface area contributed by atoms with Gasteiger partial charge < -0.3 is 10.1 Å². The topological polar surface area (TPSA) is 74.0 Å². The molecule has 0 saturated carbocycles. The van der Waals surface area contributed by atoms with Gasteiger partial charge in [0.25, 0.3) is 0 Å². The van der Waals surface area contributed by atoms with Crippen molar-refractivity contribution in [1.82, 2.24) is 19.6 Å². The zero-order valence-electron chi connectivity index (χ0n) is 10.6. The van der Waals surface area contributed by atoms with Crippen LogP contribution in [0.15, 0.2) is 18.6 Å². The van der Waals surface area contributed by atoms with Gasteiger partial charge in [0.2, 0.25) is 5.91 Å². The number of carbonyl (C=O) groups excluding carboxylic acids is 1. The van der Waals surface area contributed by atoms with Crippen LogP contribution in [0.25, 0.3) is 0 Å².